The Kier molecular flexibility index (Phi) is 4.42. The van der Waals surface area contributed by atoms with Gasteiger partial charge in [-0.25, -0.2) is 0 Å². The quantitative estimate of drug-likeness (QED) is 0.889. The molecule has 0 saturated carbocycles. The molecule has 1 aromatic rings. The molecular formula is C14H22N2O2. The fourth-order valence-electron chi connectivity index (χ4n) is 2.36. The fourth-order valence-corrected chi connectivity index (χ4v) is 2.36. The Morgan fingerprint density at radius 3 is 3.11 bits per heavy atom. The maximum atomic E-state index is 12.0. The number of rotatable bonds is 4. The first-order valence-corrected chi connectivity index (χ1v) is 6.70. The predicted molar refractivity (Wildman–Crippen MR) is 70.0 cm³/mol. The van der Waals surface area contributed by atoms with Crippen molar-refractivity contribution in [3.8, 4) is 0 Å². The van der Waals surface area contributed by atoms with Crippen LogP contribution in [-0.2, 0) is 11.3 Å². The monoisotopic (exact) mass is 250 g/mol. The molecule has 2 rings (SSSR count). The van der Waals surface area contributed by atoms with Crippen molar-refractivity contribution in [2.24, 2.45) is 5.92 Å². The van der Waals surface area contributed by atoms with Gasteiger partial charge in [0.1, 0.15) is 0 Å². The molecule has 1 N–H and O–H groups in total. The maximum absolute atomic E-state index is 12.0. The molecule has 0 spiro atoms. The van der Waals surface area contributed by atoms with Crippen LogP contribution in [0.3, 0.4) is 0 Å². The van der Waals surface area contributed by atoms with Crippen LogP contribution in [0, 0.1) is 5.92 Å². The lowest BCUT2D eigenvalue weighted by Crippen LogP contribution is -2.48. The Balaban J connectivity index is 1.81. The minimum Gasteiger partial charge on any atom is -0.472 e. The van der Waals surface area contributed by atoms with E-state index in [2.05, 4.69) is 5.32 Å². The molecular weight excluding hydrogens is 228 g/mol. The van der Waals surface area contributed by atoms with E-state index < -0.39 is 0 Å². The predicted octanol–water partition coefficient (Wildman–Crippen LogP) is 2.02. The Labute approximate surface area is 108 Å². The molecule has 0 aromatic carbocycles. The van der Waals surface area contributed by atoms with Crippen molar-refractivity contribution in [1.29, 1.82) is 0 Å². The summed E-state index contributed by atoms with van der Waals surface area (Å²) in [6.07, 6.45) is 5.67. The minimum absolute atomic E-state index is 0.0950. The van der Waals surface area contributed by atoms with Crippen molar-refractivity contribution in [3.05, 3.63) is 24.2 Å². The van der Waals surface area contributed by atoms with E-state index in [-0.39, 0.29) is 11.8 Å². The largest absolute Gasteiger partial charge is 0.472 e. The standard InChI is InChI=1S/C14H22N2O2/c1-11(2)14(17)16-6-3-4-13(9-16)15-8-12-5-7-18-10-12/h5,7,10-11,13,15H,3-4,6,8-9H2,1-2H3. The summed E-state index contributed by atoms with van der Waals surface area (Å²) in [4.78, 5) is 13.9. The number of hydrogen-bond donors (Lipinski definition) is 1. The summed E-state index contributed by atoms with van der Waals surface area (Å²) in [5.41, 5.74) is 1.15. The first-order valence-electron chi connectivity index (χ1n) is 6.70. The Bertz CT molecular complexity index is 373. The molecule has 2 heterocycles. The summed E-state index contributed by atoms with van der Waals surface area (Å²) in [5, 5.41) is 3.49. The Morgan fingerprint density at radius 1 is 1.61 bits per heavy atom. The second-order valence-electron chi connectivity index (χ2n) is 5.29. The zero-order valence-corrected chi connectivity index (χ0v) is 11.2. The molecule has 18 heavy (non-hydrogen) atoms. The van der Waals surface area contributed by atoms with Crippen LogP contribution < -0.4 is 5.32 Å². The molecule has 1 saturated heterocycles. The normalized spacial score (nSPS) is 20.4. The van der Waals surface area contributed by atoms with E-state index in [1.165, 1.54) is 0 Å². The van der Waals surface area contributed by atoms with Gasteiger partial charge >= 0.3 is 0 Å². The number of nitrogens with zero attached hydrogens (tertiary/aromatic N) is 1. The first kappa shape index (κ1) is 13.1. The van der Waals surface area contributed by atoms with Gasteiger partial charge in [-0.1, -0.05) is 13.8 Å². The number of furan rings is 1. The van der Waals surface area contributed by atoms with Crippen molar-refractivity contribution >= 4 is 5.91 Å². The highest BCUT2D eigenvalue weighted by Crippen LogP contribution is 2.13. The van der Waals surface area contributed by atoms with Crippen LogP contribution in [0.15, 0.2) is 23.0 Å². The fraction of sp³-hybridized carbons (Fsp3) is 0.643. The third kappa shape index (κ3) is 3.35. The molecule has 0 aliphatic carbocycles. The molecule has 1 aliphatic rings. The molecule has 1 aliphatic heterocycles. The summed E-state index contributed by atoms with van der Waals surface area (Å²) in [6, 6.07) is 2.36. The molecule has 100 valence electrons. The second-order valence-corrected chi connectivity index (χ2v) is 5.29. The zero-order chi connectivity index (χ0) is 13.0. The van der Waals surface area contributed by atoms with Crippen LogP contribution in [0.5, 0.6) is 0 Å². The van der Waals surface area contributed by atoms with Gasteiger partial charge in [0.05, 0.1) is 12.5 Å². The molecule has 1 amide bonds. The molecule has 0 radical (unpaired) electrons. The average Bonchev–Trinajstić information content (AvgIpc) is 2.89. The van der Waals surface area contributed by atoms with Crippen molar-refractivity contribution < 1.29 is 9.21 Å². The Hall–Kier alpha value is -1.29. The molecule has 1 fully saturated rings. The van der Waals surface area contributed by atoms with Crippen LogP contribution in [0.4, 0.5) is 0 Å². The van der Waals surface area contributed by atoms with Crippen molar-refractivity contribution in [2.75, 3.05) is 13.1 Å². The highest BCUT2D eigenvalue weighted by Gasteiger charge is 2.24. The smallest absolute Gasteiger partial charge is 0.225 e. The van der Waals surface area contributed by atoms with Crippen LogP contribution in [-0.4, -0.2) is 29.9 Å². The third-order valence-corrected chi connectivity index (χ3v) is 3.40. The number of piperidine rings is 1. The van der Waals surface area contributed by atoms with Gasteiger partial charge < -0.3 is 14.6 Å². The molecule has 4 heteroatoms. The number of carbonyl (C=O) groups is 1. The molecule has 1 atom stereocenters. The van der Waals surface area contributed by atoms with Crippen LogP contribution in [0.1, 0.15) is 32.3 Å². The summed E-state index contributed by atoms with van der Waals surface area (Å²) in [7, 11) is 0. The van der Waals surface area contributed by atoms with Crippen molar-refractivity contribution in [3.63, 3.8) is 0 Å². The van der Waals surface area contributed by atoms with Gasteiger partial charge in [-0.3, -0.25) is 4.79 Å². The summed E-state index contributed by atoms with van der Waals surface area (Å²) >= 11 is 0. The zero-order valence-electron chi connectivity index (χ0n) is 11.2. The van der Waals surface area contributed by atoms with Crippen LogP contribution in [0.25, 0.3) is 0 Å². The van der Waals surface area contributed by atoms with Crippen LogP contribution in [0.2, 0.25) is 0 Å². The molecule has 4 nitrogen and oxygen atoms in total. The van der Waals surface area contributed by atoms with Gasteiger partial charge in [0.25, 0.3) is 0 Å². The lowest BCUT2D eigenvalue weighted by atomic mass is 10.0. The van der Waals surface area contributed by atoms with Gasteiger partial charge in [-0.05, 0) is 18.9 Å². The minimum atomic E-state index is 0.0950. The van der Waals surface area contributed by atoms with Gasteiger partial charge in [-0.15, -0.1) is 0 Å². The van der Waals surface area contributed by atoms with Gasteiger partial charge in [0.2, 0.25) is 5.91 Å². The first-order chi connectivity index (χ1) is 8.66. The Morgan fingerprint density at radius 2 is 2.44 bits per heavy atom. The van der Waals surface area contributed by atoms with E-state index in [0.717, 1.165) is 38.0 Å². The number of nitrogens with one attached hydrogen (secondary N) is 1. The number of amides is 1. The van der Waals surface area contributed by atoms with E-state index >= 15 is 0 Å². The molecule has 1 unspecified atom stereocenters. The van der Waals surface area contributed by atoms with E-state index in [0.29, 0.717) is 6.04 Å². The van der Waals surface area contributed by atoms with Gasteiger partial charge in [-0.2, -0.15) is 0 Å². The molecule has 0 bridgehead atoms. The van der Waals surface area contributed by atoms with Crippen molar-refractivity contribution in [1.82, 2.24) is 10.2 Å². The highest BCUT2D eigenvalue weighted by atomic mass is 16.3. The number of carbonyl (C=O) groups excluding carboxylic acids is 1. The van der Waals surface area contributed by atoms with Gasteiger partial charge in [0, 0.05) is 37.2 Å². The number of likely N-dealkylation sites (tertiary alicyclic amines) is 1. The highest BCUT2D eigenvalue weighted by molar-refractivity contribution is 5.78. The lowest BCUT2D eigenvalue weighted by molar-refractivity contribution is -0.135. The lowest BCUT2D eigenvalue weighted by Gasteiger charge is -2.34. The molecule has 1 aromatic heterocycles. The summed E-state index contributed by atoms with van der Waals surface area (Å²) in [6.45, 7) is 6.47. The van der Waals surface area contributed by atoms with E-state index in [1.54, 1.807) is 12.5 Å². The number of hydrogen-bond acceptors (Lipinski definition) is 3. The van der Waals surface area contributed by atoms with E-state index in [1.807, 2.05) is 24.8 Å². The second kappa shape index (κ2) is 6.05. The average molecular weight is 250 g/mol. The SMILES string of the molecule is CC(C)C(=O)N1CCCC(NCc2ccoc2)C1. The van der Waals surface area contributed by atoms with E-state index in [4.69, 9.17) is 4.42 Å². The maximum Gasteiger partial charge on any atom is 0.225 e. The van der Waals surface area contributed by atoms with Crippen molar-refractivity contribution in [2.45, 2.75) is 39.3 Å². The topological polar surface area (TPSA) is 45.5 Å². The van der Waals surface area contributed by atoms with Gasteiger partial charge in [0.15, 0.2) is 0 Å². The summed E-state index contributed by atoms with van der Waals surface area (Å²) < 4.78 is 5.04. The third-order valence-electron chi connectivity index (χ3n) is 3.40. The summed E-state index contributed by atoms with van der Waals surface area (Å²) in [5.74, 6) is 0.363. The van der Waals surface area contributed by atoms with E-state index in [9.17, 15) is 4.79 Å². The van der Waals surface area contributed by atoms with Crippen LogP contribution >= 0.6 is 0 Å².